The quantitative estimate of drug-likeness (QED) is 0.371. The van der Waals surface area contributed by atoms with Crippen LogP contribution in [0.3, 0.4) is 0 Å². The molecule has 1 atom stereocenters. The van der Waals surface area contributed by atoms with E-state index >= 15 is 0 Å². The van der Waals surface area contributed by atoms with Crippen LogP contribution in [0.15, 0.2) is 83.2 Å². The molecule has 1 N–H and O–H groups in total. The number of benzene rings is 1. The van der Waals surface area contributed by atoms with E-state index in [4.69, 9.17) is 0 Å². The summed E-state index contributed by atoms with van der Waals surface area (Å²) in [4.78, 5) is 35.6. The monoisotopic (exact) mass is 449 g/mol. The van der Waals surface area contributed by atoms with Crippen LogP contribution in [0.2, 0.25) is 0 Å². The number of aliphatic hydroxyl groups is 1. The Kier molecular flexibility index (Phi) is 5.22. The van der Waals surface area contributed by atoms with Crippen molar-refractivity contribution in [2.45, 2.75) is 12.6 Å². The molecule has 0 spiro atoms. The predicted molar refractivity (Wildman–Crippen MR) is 110 cm³/mol. The highest BCUT2D eigenvalue weighted by atomic mass is 79.9. The fourth-order valence-corrected chi connectivity index (χ4v) is 3.60. The lowest BCUT2D eigenvalue weighted by molar-refractivity contribution is -0.140. The molecule has 4 rings (SSSR count). The lowest BCUT2D eigenvalue weighted by Crippen LogP contribution is -2.29. The zero-order valence-electron chi connectivity index (χ0n) is 15.2. The molecule has 0 radical (unpaired) electrons. The Bertz CT molecular complexity index is 1080. The average molecular weight is 450 g/mol. The molecule has 1 saturated heterocycles. The second-order valence-electron chi connectivity index (χ2n) is 6.54. The fraction of sp³-hybridized carbons (Fsp3) is 0.0909. The van der Waals surface area contributed by atoms with Crippen LogP contribution < -0.4 is 0 Å². The number of hydrogen-bond donors (Lipinski definition) is 1. The van der Waals surface area contributed by atoms with Crippen LogP contribution in [-0.4, -0.2) is 31.7 Å². The van der Waals surface area contributed by atoms with Crippen molar-refractivity contribution in [1.29, 1.82) is 0 Å². The first-order valence-electron chi connectivity index (χ1n) is 8.90. The van der Waals surface area contributed by atoms with E-state index in [9.17, 15) is 14.7 Å². The third kappa shape index (κ3) is 3.69. The second kappa shape index (κ2) is 7.97. The van der Waals surface area contributed by atoms with E-state index in [1.165, 1.54) is 4.90 Å². The van der Waals surface area contributed by atoms with Crippen LogP contribution in [-0.2, 0) is 16.1 Å². The summed E-state index contributed by atoms with van der Waals surface area (Å²) >= 11 is 3.35. The van der Waals surface area contributed by atoms with Crippen molar-refractivity contribution in [3.63, 3.8) is 0 Å². The number of aliphatic hydroxyl groups excluding tert-OH is 1. The molecule has 1 aromatic carbocycles. The summed E-state index contributed by atoms with van der Waals surface area (Å²) in [6.45, 7) is 0.200. The molecule has 2 aromatic heterocycles. The van der Waals surface area contributed by atoms with Crippen molar-refractivity contribution in [2.24, 2.45) is 0 Å². The normalized spacial score (nSPS) is 18.2. The highest BCUT2D eigenvalue weighted by Crippen LogP contribution is 2.39. The number of halogens is 1. The molecule has 6 nitrogen and oxygen atoms in total. The number of aromatic nitrogens is 2. The zero-order chi connectivity index (χ0) is 20.4. The van der Waals surface area contributed by atoms with Crippen LogP contribution in [0.1, 0.15) is 22.9 Å². The molecule has 3 aromatic rings. The van der Waals surface area contributed by atoms with Gasteiger partial charge in [0.2, 0.25) is 0 Å². The van der Waals surface area contributed by atoms with Crippen molar-refractivity contribution < 1.29 is 14.7 Å². The molecule has 0 bridgehead atoms. The topological polar surface area (TPSA) is 83.4 Å². The minimum atomic E-state index is -0.784. The van der Waals surface area contributed by atoms with E-state index in [1.807, 2.05) is 0 Å². The Balaban J connectivity index is 1.85. The molecule has 0 saturated carbocycles. The van der Waals surface area contributed by atoms with Gasteiger partial charge in [-0.3, -0.25) is 19.6 Å². The highest BCUT2D eigenvalue weighted by Gasteiger charge is 2.46. The van der Waals surface area contributed by atoms with Gasteiger partial charge in [-0.15, -0.1) is 0 Å². The Morgan fingerprint density at radius 2 is 1.72 bits per heavy atom. The highest BCUT2D eigenvalue weighted by molar-refractivity contribution is 9.10. The van der Waals surface area contributed by atoms with Gasteiger partial charge < -0.3 is 10.0 Å². The Hall–Kier alpha value is -3.32. The molecule has 1 unspecified atom stereocenters. The number of amides is 1. The molecule has 144 valence electrons. The Morgan fingerprint density at radius 3 is 2.38 bits per heavy atom. The Morgan fingerprint density at radius 1 is 1.00 bits per heavy atom. The maximum Gasteiger partial charge on any atom is 0.296 e. The molecule has 7 heteroatoms. The number of carbonyl (C=O) groups is 2. The minimum absolute atomic E-state index is 0.0325. The number of pyridine rings is 2. The maximum atomic E-state index is 12.9. The molecular weight excluding hydrogens is 434 g/mol. The molecule has 3 heterocycles. The van der Waals surface area contributed by atoms with Gasteiger partial charge in [0.25, 0.3) is 11.7 Å². The van der Waals surface area contributed by atoms with Crippen molar-refractivity contribution in [3.8, 4) is 0 Å². The summed E-state index contributed by atoms with van der Waals surface area (Å²) in [5.41, 5.74) is 1.83. The van der Waals surface area contributed by atoms with Crippen molar-refractivity contribution in [1.82, 2.24) is 14.9 Å². The molecule has 0 aliphatic carbocycles. The zero-order valence-corrected chi connectivity index (χ0v) is 16.8. The van der Waals surface area contributed by atoms with Crippen LogP contribution >= 0.6 is 15.9 Å². The lowest BCUT2D eigenvalue weighted by Gasteiger charge is -2.24. The number of carbonyl (C=O) groups excluding carboxylic acids is 2. The molecule has 1 amide bonds. The number of Topliss-reactive ketones (excluding diaryl/α,β-unsaturated/α-hetero) is 1. The third-order valence-corrected chi connectivity index (χ3v) is 5.26. The van der Waals surface area contributed by atoms with Crippen LogP contribution in [0.5, 0.6) is 0 Å². The smallest absolute Gasteiger partial charge is 0.296 e. The standard InChI is InChI=1S/C22H16BrN3O3/c23-16-6-4-15(5-7-16)20(27)18-19(17-3-1-2-10-25-17)26(22(29)21(18)28)13-14-8-11-24-12-9-14/h1-12,19,27H,13H2/b20-18-. The van der Waals surface area contributed by atoms with E-state index in [1.54, 1.807) is 73.2 Å². The molecular formula is C22H16BrN3O3. The summed E-state index contributed by atoms with van der Waals surface area (Å²) in [5.74, 6) is -1.62. The maximum absolute atomic E-state index is 12.9. The van der Waals surface area contributed by atoms with Crippen molar-refractivity contribution in [3.05, 3.63) is 100 Å². The first-order chi connectivity index (χ1) is 14.1. The minimum Gasteiger partial charge on any atom is -0.507 e. The largest absolute Gasteiger partial charge is 0.507 e. The van der Waals surface area contributed by atoms with Gasteiger partial charge in [-0.1, -0.05) is 34.1 Å². The summed E-state index contributed by atoms with van der Waals surface area (Å²) in [5, 5.41) is 10.9. The summed E-state index contributed by atoms with van der Waals surface area (Å²) < 4.78 is 0.841. The number of nitrogens with zero attached hydrogens (tertiary/aromatic N) is 3. The van der Waals surface area contributed by atoms with Gasteiger partial charge in [0.15, 0.2) is 0 Å². The van der Waals surface area contributed by atoms with Gasteiger partial charge in [0, 0.05) is 35.2 Å². The van der Waals surface area contributed by atoms with Gasteiger partial charge in [0.05, 0.1) is 11.3 Å². The number of rotatable bonds is 4. The van der Waals surface area contributed by atoms with Crippen molar-refractivity contribution in [2.75, 3.05) is 0 Å². The summed E-state index contributed by atoms with van der Waals surface area (Å²) in [7, 11) is 0. The van der Waals surface area contributed by atoms with E-state index in [-0.39, 0.29) is 17.9 Å². The van der Waals surface area contributed by atoms with Crippen molar-refractivity contribution >= 4 is 33.4 Å². The number of likely N-dealkylation sites (tertiary alicyclic amines) is 1. The number of ketones is 1. The third-order valence-electron chi connectivity index (χ3n) is 4.73. The number of hydrogen-bond acceptors (Lipinski definition) is 5. The first kappa shape index (κ1) is 19.0. The fourth-order valence-electron chi connectivity index (χ4n) is 3.34. The summed E-state index contributed by atoms with van der Waals surface area (Å²) in [6.07, 6.45) is 4.86. The van der Waals surface area contributed by atoms with Crippen LogP contribution in [0.4, 0.5) is 0 Å². The van der Waals surface area contributed by atoms with Gasteiger partial charge in [-0.05, 0) is 42.0 Å². The van der Waals surface area contributed by atoms with Gasteiger partial charge in [-0.25, -0.2) is 0 Å². The molecule has 1 aliphatic heterocycles. The first-order valence-corrected chi connectivity index (χ1v) is 9.70. The molecule has 1 fully saturated rings. The van der Waals surface area contributed by atoms with E-state index in [0.717, 1.165) is 10.0 Å². The predicted octanol–water partition coefficient (Wildman–Crippen LogP) is 3.86. The average Bonchev–Trinajstić information content (AvgIpc) is 3.00. The van der Waals surface area contributed by atoms with E-state index < -0.39 is 17.7 Å². The molecule has 1 aliphatic rings. The van der Waals surface area contributed by atoms with Gasteiger partial charge >= 0.3 is 0 Å². The SMILES string of the molecule is O=C1C(=O)N(Cc2ccncc2)C(c2ccccn2)/C1=C(/O)c1ccc(Br)cc1. The van der Waals surface area contributed by atoms with Gasteiger partial charge in [0.1, 0.15) is 11.8 Å². The van der Waals surface area contributed by atoms with Crippen LogP contribution in [0, 0.1) is 0 Å². The molecule has 29 heavy (non-hydrogen) atoms. The Labute approximate surface area is 175 Å². The van der Waals surface area contributed by atoms with E-state index in [2.05, 4.69) is 25.9 Å². The second-order valence-corrected chi connectivity index (χ2v) is 7.46. The lowest BCUT2D eigenvalue weighted by atomic mass is 9.98. The van der Waals surface area contributed by atoms with Gasteiger partial charge in [-0.2, -0.15) is 0 Å². The van der Waals surface area contributed by atoms with Crippen LogP contribution in [0.25, 0.3) is 5.76 Å². The summed E-state index contributed by atoms with van der Waals surface area (Å²) in [6, 6.07) is 15.0. The van der Waals surface area contributed by atoms with E-state index in [0.29, 0.717) is 11.3 Å².